The number of carbonyl (C=O) groups is 2. The van der Waals surface area contributed by atoms with E-state index in [0.29, 0.717) is 39.6 Å². The summed E-state index contributed by atoms with van der Waals surface area (Å²) in [4.78, 5) is 49.3. The van der Waals surface area contributed by atoms with Crippen molar-refractivity contribution in [2.75, 3.05) is 25.1 Å². The maximum absolute atomic E-state index is 13.2. The second kappa shape index (κ2) is 10.9. The summed E-state index contributed by atoms with van der Waals surface area (Å²) in [6.07, 6.45) is 1.57. The predicted octanol–water partition coefficient (Wildman–Crippen LogP) is 4.14. The molecule has 10 nitrogen and oxygen atoms in total. The Hall–Kier alpha value is -5.51. The average Bonchev–Trinajstić information content (AvgIpc) is 3.21. The number of rotatable bonds is 6. The Kier molecular flexibility index (Phi) is 7.22. The Morgan fingerprint density at radius 2 is 1.63 bits per heavy atom. The fourth-order valence-corrected chi connectivity index (χ4v) is 4.55. The third-order valence-corrected chi connectivity index (χ3v) is 6.81. The van der Waals surface area contributed by atoms with Crippen LogP contribution < -0.4 is 16.6 Å². The number of benzene rings is 3. The lowest BCUT2D eigenvalue weighted by atomic mass is 10.1. The summed E-state index contributed by atoms with van der Waals surface area (Å²) in [6.45, 7) is 1.74. The van der Waals surface area contributed by atoms with E-state index in [1.54, 1.807) is 81.4 Å². The first-order chi connectivity index (χ1) is 19.7. The number of carbonyl (C=O) groups excluding carboxylic acids is 2. The monoisotopic (exact) mass is 547 g/mol. The van der Waals surface area contributed by atoms with Crippen molar-refractivity contribution < 1.29 is 9.59 Å². The van der Waals surface area contributed by atoms with Crippen molar-refractivity contribution in [3.05, 3.63) is 112 Å². The highest BCUT2D eigenvalue weighted by Crippen LogP contribution is 2.28. The fourth-order valence-electron chi connectivity index (χ4n) is 4.55. The molecule has 0 unspecified atom stereocenters. The van der Waals surface area contributed by atoms with E-state index in [-0.39, 0.29) is 17.3 Å². The van der Waals surface area contributed by atoms with Gasteiger partial charge in [-0.05, 0) is 43.3 Å². The van der Waals surface area contributed by atoms with E-state index in [4.69, 9.17) is 10.7 Å². The summed E-state index contributed by atoms with van der Waals surface area (Å²) in [6, 6.07) is 23.3. The van der Waals surface area contributed by atoms with Crippen LogP contribution in [0.5, 0.6) is 0 Å². The Bertz CT molecular complexity index is 1820. The van der Waals surface area contributed by atoms with E-state index < -0.39 is 11.5 Å². The molecule has 0 saturated carbocycles. The van der Waals surface area contributed by atoms with E-state index >= 15 is 0 Å². The minimum Gasteiger partial charge on any atom is -0.382 e. The molecule has 0 radical (unpaired) electrons. The number of aromatic nitrogens is 4. The van der Waals surface area contributed by atoms with Crippen LogP contribution in [0.1, 0.15) is 26.4 Å². The maximum Gasteiger partial charge on any atom is 0.284 e. The molecule has 3 aromatic carbocycles. The van der Waals surface area contributed by atoms with Gasteiger partial charge in [-0.15, -0.1) is 0 Å². The normalized spacial score (nSPS) is 10.8. The average molecular weight is 548 g/mol. The molecular weight excluding hydrogens is 518 g/mol. The molecule has 0 aliphatic heterocycles. The van der Waals surface area contributed by atoms with Crippen LogP contribution in [0.3, 0.4) is 0 Å². The minimum atomic E-state index is -0.501. The third-order valence-electron chi connectivity index (χ3n) is 6.81. The topological polar surface area (TPSA) is 128 Å². The number of para-hydroxylation sites is 1. The van der Waals surface area contributed by atoms with Crippen molar-refractivity contribution in [1.82, 2.24) is 24.2 Å². The largest absolute Gasteiger partial charge is 0.382 e. The van der Waals surface area contributed by atoms with Crippen LogP contribution in [0.15, 0.2) is 89.9 Å². The van der Waals surface area contributed by atoms with E-state index in [2.05, 4.69) is 10.3 Å². The molecule has 41 heavy (non-hydrogen) atoms. The zero-order valence-corrected chi connectivity index (χ0v) is 23.1. The van der Waals surface area contributed by atoms with Crippen LogP contribution in [0, 0.1) is 6.92 Å². The van der Waals surface area contributed by atoms with Gasteiger partial charge in [0.25, 0.3) is 17.4 Å². The second-order valence-corrected chi connectivity index (χ2v) is 9.74. The van der Waals surface area contributed by atoms with Gasteiger partial charge < -0.3 is 16.0 Å². The highest BCUT2D eigenvalue weighted by atomic mass is 16.2. The van der Waals surface area contributed by atoms with Gasteiger partial charge in [0, 0.05) is 43.5 Å². The van der Waals surface area contributed by atoms with Gasteiger partial charge in [-0.25, -0.2) is 14.6 Å². The van der Waals surface area contributed by atoms with Crippen LogP contribution in [-0.4, -0.2) is 50.1 Å². The lowest BCUT2D eigenvalue weighted by Crippen LogP contribution is -2.25. The number of nitrogen functional groups attached to an aromatic ring is 1. The molecule has 10 heteroatoms. The van der Waals surface area contributed by atoms with Gasteiger partial charge in [-0.3, -0.25) is 19.1 Å². The molecule has 0 atom stereocenters. The van der Waals surface area contributed by atoms with Gasteiger partial charge in [0.15, 0.2) is 0 Å². The molecule has 5 aromatic rings. The first-order valence-electron chi connectivity index (χ1n) is 12.9. The second-order valence-electron chi connectivity index (χ2n) is 9.74. The molecule has 0 saturated heterocycles. The summed E-state index contributed by atoms with van der Waals surface area (Å²) in [5, 5.41) is 2.82. The number of hydrogen-bond acceptors (Lipinski definition) is 6. The van der Waals surface area contributed by atoms with Gasteiger partial charge in [0.2, 0.25) is 0 Å². The third kappa shape index (κ3) is 5.22. The van der Waals surface area contributed by atoms with E-state index in [9.17, 15) is 14.4 Å². The van der Waals surface area contributed by atoms with E-state index in [1.807, 2.05) is 36.4 Å². The molecular formula is C31H29N7O3. The van der Waals surface area contributed by atoms with Crippen molar-refractivity contribution in [3.8, 4) is 28.2 Å². The summed E-state index contributed by atoms with van der Waals surface area (Å²) >= 11 is 0. The molecule has 0 aliphatic rings. The first-order valence-corrected chi connectivity index (χ1v) is 12.9. The van der Waals surface area contributed by atoms with Gasteiger partial charge in [-0.2, -0.15) is 0 Å². The minimum absolute atomic E-state index is 0.0678. The van der Waals surface area contributed by atoms with E-state index in [0.717, 1.165) is 5.56 Å². The molecule has 2 amide bonds. The molecule has 0 bridgehead atoms. The number of anilines is 2. The Balaban J connectivity index is 1.40. The van der Waals surface area contributed by atoms with Crippen molar-refractivity contribution in [2.24, 2.45) is 7.05 Å². The van der Waals surface area contributed by atoms with Crippen molar-refractivity contribution >= 4 is 23.3 Å². The number of nitrogens with two attached hydrogens (primary N) is 1. The van der Waals surface area contributed by atoms with Crippen LogP contribution in [-0.2, 0) is 7.05 Å². The Morgan fingerprint density at radius 1 is 0.927 bits per heavy atom. The van der Waals surface area contributed by atoms with Gasteiger partial charge in [0.1, 0.15) is 17.1 Å². The van der Waals surface area contributed by atoms with Gasteiger partial charge >= 0.3 is 0 Å². The van der Waals surface area contributed by atoms with Crippen molar-refractivity contribution in [1.29, 1.82) is 0 Å². The molecule has 3 N–H and O–H groups in total. The lowest BCUT2D eigenvalue weighted by molar-refractivity contribution is 0.0827. The maximum atomic E-state index is 13.2. The summed E-state index contributed by atoms with van der Waals surface area (Å²) in [5.74, 6) is -0.371. The zero-order valence-electron chi connectivity index (χ0n) is 23.1. The Labute approximate surface area is 236 Å². The van der Waals surface area contributed by atoms with Crippen LogP contribution in [0.2, 0.25) is 0 Å². The number of amides is 2. The summed E-state index contributed by atoms with van der Waals surface area (Å²) < 4.78 is 3.13. The molecule has 0 aliphatic carbocycles. The van der Waals surface area contributed by atoms with Crippen LogP contribution in [0.25, 0.3) is 28.2 Å². The summed E-state index contributed by atoms with van der Waals surface area (Å²) in [7, 11) is 5.14. The van der Waals surface area contributed by atoms with Gasteiger partial charge in [-0.1, -0.05) is 42.5 Å². The molecule has 5 rings (SSSR count). The van der Waals surface area contributed by atoms with Crippen LogP contribution >= 0.6 is 0 Å². The molecule has 0 fully saturated rings. The number of nitrogens with one attached hydrogen (secondary N) is 1. The highest BCUT2D eigenvalue weighted by Gasteiger charge is 2.22. The number of nitrogens with zero attached hydrogens (tertiary/aromatic N) is 5. The lowest BCUT2D eigenvalue weighted by Gasteiger charge is -2.12. The van der Waals surface area contributed by atoms with Gasteiger partial charge in [0.05, 0.1) is 23.3 Å². The first kappa shape index (κ1) is 27.1. The van der Waals surface area contributed by atoms with Crippen molar-refractivity contribution in [2.45, 2.75) is 6.92 Å². The fraction of sp³-hybridized carbons (Fsp3) is 0.129. The molecule has 2 heterocycles. The Morgan fingerprint density at radius 3 is 2.32 bits per heavy atom. The number of hydrogen-bond donors (Lipinski definition) is 2. The van der Waals surface area contributed by atoms with E-state index in [1.165, 1.54) is 9.58 Å². The summed E-state index contributed by atoms with van der Waals surface area (Å²) in [5.41, 5.74) is 10.5. The van der Waals surface area contributed by atoms with Crippen LogP contribution in [0.4, 0.5) is 11.5 Å². The quantitative estimate of drug-likeness (QED) is 0.329. The molecule has 206 valence electrons. The highest BCUT2D eigenvalue weighted by molar-refractivity contribution is 6.05. The standard InChI is InChI=1S/C31H29N7O3/c1-19-26(31(41)38(37(19)4)24-11-6-5-7-12-24)29(39)34-23-15-13-20(14-16-23)27-28(32)33-18-25(35-27)21-9-8-10-22(17-21)30(40)36(2)3/h5-18H,1-4H3,(H2,32,33)(H,34,39). The SMILES string of the molecule is Cc1c(C(=O)Nc2ccc(-c3nc(-c4cccc(C(=O)N(C)C)c4)cnc3N)cc2)c(=O)n(-c2ccccc2)n1C. The zero-order chi connectivity index (χ0) is 29.3. The predicted molar refractivity (Wildman–Crippen MR) is 159 cm³/mol. The molecule has 0 spiro atoms. The smallest absolute Gasteiger partial charge is 0.284 e. The molecule has 2 aromatic heterocycles. The van der Waals surface area contributed by atoms with Crippen molar-refractivity contribution in [3.63, 3.8) is 0 Å².